The monoisotopic (exact) mass is 501 g/mol. The second-order valence-electron chi connectivity index (χ2n) is 8.12. The third-order valence-corrected chi connectivity index (χ3v) is 6.91. The van der Waals surface area contributed by atoms with Crippen molar-refractivity contribution in [2.75, 3.05) is 56.2 Å². The molecule has 1 aromatic heterocycles. The highest BCUT2D eigenvalue weighted by Crippen LogP contribution is 2.34. The maximum atomic E-state index is 12.8. The van der Waals surface area contributed by atoms with Gasteiger partial charge in [-0.25, -0.2) is 9.59 Å². The van der Waals surface area contributed by atoms with E-state index in [0.29, 0.717) is 29.2 Å². The summed E-state index contributed by atoms with van der Waals surface area (Å²) in [5.41, 5.74) is 2.35. The summed E-state index contributed by atoms with van der Waals surface area (Å²) in [5, 5.41) is 3.09. The fourth-order valence-corrected chi connectivity index (χ4v) is 4.99. The van der Waals surface area contributed by atoms with Crippen LogP contribution in [0.5, 0.6) is 0 Å². The lowest BCUT2D eigenvalue weighted by molar-refractivity contribution is -0.117. The third kappa shape index (κ3) is 6.46. The topological polar surface area (TPSA) is 105 Å². The average Bonchev–Trinajstić information content (AvgIpc) is 3.15. The van der Waals surface area contributed by atoms with Crippen molar-refractivity contribution in [2.45, 2.75) is 27.7 Å². The highest BCUT2D eigenvalue weighted by Gasteiger charge is 2.28. The predicted molar refractivity (Wildman–Crippen MR) is 135 cm³/mol. The van der Waals surface area contributed by atoms with Crippen molar-refractivity contribution < 1.29 is 28.7 Å². The Morgan fingerprint density at radius 1 is 0.943 bits per heavy atom. The van der Waals surface area contributed by atoms with Gasteiger partial charge in [0.25, 0.3) is 0 Å². The van der Waals surface area contributed by atoms with E-state index in [1.165, 1.54) is 0 Å². The summed E-state index contributed by atoms with van der Waals surface area (Å²) in [6.45, 7) is 9.99. The molecule has 1 aromatic carbocycles. The quantitative estimate of drug-likeness (QED) is 0.412. The number of carbonyl (C=O) groups is 4. The van der Waals surface area contributed by atoms with E-state index in [-0.39, 0.29) is 41.9 Å². The number of ether oxygens (including phenoxy) is 2. The molecule has 1 saturated heterocycles. The smallest absolute Gasteiger partial charge is 0.348 e. The lowest BCUT2D eigenvalue weighted by Gasteiger charge is -2.35. The molecular weight excluding hydrogens is 470 g/mol. The molecule has 0 radical (unpaired) electrons. The van der Waals surface area contributed by atoms with Crippen LogP contribution in [0.1, 0.15) is 56.7 Å². The van der Waals surface area contributed by atoms with E-state index in [1.807, 2.05) is 29.2 Å². The molecule has 0 atom stereocenters. The van der Waals surface area contributed by atoms with Gasteiger partial charge in [0.05, 0.1) is 25.3 Å². The van der Waals surface area contributed by atoms with Crippen molar-refractivity contribution >= 4 is 45.7 Å². The van der Waals surface area contributed by atoms with Gasteiger partial charge in [-0.05, 0) is 57.5 Å². The van der Waals surface area contributed by atoms with Crippen LogP contribution in [-0.2, 0) is 14.3 Å². The number of Topliss-reactive ketones (excluding diaryl/α,β-unsaturated/α-hetero) is 1. The number of esters is 2. The van der Waals surface area contributed by atoms with E-state index in [9.17, 15) is 19.2 Å². The zero-order valence-electron chi connectivity index (χ0n) is 20.5. The van der Waals surface area contributed by atoms with E-state index in [2.05, 4.69) is 10.2 Å². The number of piperazine rings is 1. The molecule has 0 bridgehead atoms. The summed E-state index contributed by atoms with van der Waals surface area (Å²) >= 11 is 1.02. The molecule has 2 aromatic rings. The second kappa shape index (κ2) is 11.9. The summed E-state index contributed by atoms with van der Waals surface area (Å²) in [4.78, 5) is 53.7. The zero-order valence-corrected chi connectivity index (χ0v) is 21.3. The first-order valence-corrected chi connectivity index (χ1v) is 12.4. The third-order valence-electron chi connectivity index (χ3n) is 5.72. The number of carbonyl (C=O) groups excluding carboxylic acids is 4. The van der Waals surface area contributed by atoms with E-state index < -0.39 is 11.9 Å². The number of rotatable bonds is 9. The van der Waals surface area contributed by atoms with E-state index in [1.54, 1.807) is 27.7 Å². The van der Waals surface area contributed by atoms with Gasteiger partial charge < -0.3 is 19.7 Å². The molecule has 0 spiro atoms. The van der Waals surface area contributed by atoms with Gasteiger partial charge in [0, 0.05) is 37.4 Å². The van der Waals surface area contributed by atoms with E-state index in [4.69, 9.17) is 9.47 Å². The molecule has 1 aliphatic heterocycles. The number of anilines is 2. The minimum absolute atomic E-state index is 0.0359. The van der Waals surface area contributed by atoms with E-state index >= 15 is 0 Å². The molecular formula is C25H31N3O6S. The zero-order chi connectivity index (χ0) is 25.5. The van der Waals surface area contributed by atoms with Crippen LogP contribution in [0.4, 0.5) is 10.7 Å². The van der Waals surface area contributed by atoms with Gasteiger partial charge in [-0.3, -0.25) is 14.5 Å². The van der Waals surface area contributed by atoms with Gasteiger partial charge in [-0.15, -0.1) is 11.3 Å². The molecule has 0 aliphatic carbocycles. The molecule has 1 aliphatic rings. The van der Waals surface area contributed by atoms with Crippen molar-refractivity contribution in [3.05, 3.63) is 45.8 Å². The highest BCUT2D eigenvalue weighted by molar-refractivity contribution is 7.18. The van der Waals surface area contributed by atoms with Crippen molar-refractivity contribution in [3.63, 3.8) is 0 Å². The van der Waals surface area contributed by atoms with Crippen LogP contribution >= 0.6 is 11.3 Å². The highest BCUT2D eigenvalue weighted by atomic mass is 32.1. The van der Waals surface area contributed by atoms with Crippen LogP contribution in [0.15, 0.2) is 24.3 Å². The Morgan fingerprint density at radius 3 is 2.11 bits per heavy atom. The van der Waals surface area contributed by atoms with Gasteiger partial charge in [0.15, 0.2) is 5.78 Å². The number of ketones is 1. The molecule has 0 unspecified atom stereocenters. The summed E-state index contributed by atoms with van der Waals surface area (Å²) in [6, 6.07) is 7.53. The SMILES string of the molecule is CCOC(=O)c1sc(NC(=O)CN2CCN(c3ccc(C(C)=O)cc3)CC2)c(C(=O)OCC)c1C. The minimum atomic E-state index is -0.587. The standard InChI is InChI=1S/C25H31N3O6S/c1-5-33-24(31)21-16(3)22(25(32)34-6-2)35-23(21)26-20(30)15-27-11-13-28(14-12-27)19-9-7-18(8-10-19)17(4)29/h7-10H,5-6,11-15H2,1-4H3,(H,26,30). The van der Waals surface area contributed by atoms with Crippen molar-refractivity contribution in [1.29, 1.82) is 0 Å². The average molecular weight is 502 g/mol. The molecule has 1 N–H and O–H groups in total. The van der Waals surface area contributed by atoms with Crippen LogP contribution in [0.3, 0.4) is 0 Å². The lowest BCUT2D eigenvalue weighted by atomic mass is 10.1. The first-order chi connectivity index (χ1) is 16.7. The van der Waals surface area contributed by atoms with Gasteiger partial charge in [0.2, 0.25) is 5.91 Å². The summed E-state index contributed by atoms with van der Waals surface area (Å²) in [6.07, 6.45) is 0. The summed E-state index contributed by atoms with van der Waals surface area (Å²) in [5.74, 6) is -1.36. The van der Waals surface area contributed by atoms with Crippen LogP contribution < -0.4 is 10.2 Å². The van der Waals surface area contributed by atoms with Crippen molar-refractivity contribution in [1.82, 2.24) is 4.90 Å². The van der Waals surface area contributed by atoms with Crippen LogP contribution in [0.2, 0.25) is 0 Å². The largest absolute Gasteiger partial charge is 0.462 e. The predicted octanol–water partition coefficient (Wildman–Crippen LogP) is 3.37. The fourth-order valence-electron chi connectivity index (χ4n) is 3.88. The molecule has 2 heterocycles. The van der Waals surface area contributed by atoms with Gasteiger partial charge in [0.1, 0.15) is 9.88 Å². The number of nitrogens with zero attached hydrogens (tertiary/aromatic N) is 2. The molecule has 1 fully saturated rings. The first-order valence-electron chi connectivity index (χ1n) is 11.6. The maximum Gasteiger partial charge on any atom is 0.348 e. The fraction of sp³-hybridized carbons (Fsp3) is 0.440. The molecule has 0 saturated carbocycles. The first kappa shape index (κ1) is 26.4. The lowest BCUT2D eigenvalue weighted by Crippen LogP contribution is -2.48. The molecule has 188 valence electrons. The van der Waals surface area contributed by atoms with Crippen molar-refractivity contribution in [2.24, 2.45) is 0 Å². The molecule has 9 nitrogen and oxygen atoms in total. The van der Waals surface area contributed by atoms with Crippen LogP contribution in [0, 0.1) is 6.92 Å². The number of hydrogen-bond acceptors (Lipinski definition) is 9. The Hall–Kier alpha value is -3.24. The number of amides is 1. The molecule has 10 heteroatoms. The Kier molecular flexibility index (Phi) is 9.00. The van der Waals surface area contributed by atoms with Crippen LogP contribution in [0.25, 0.3) is 0 Å². The second-order valence-corrected chi connectivity index (χ2v) is 9.14. The summed E-state index contributed by atoms with van der Waals surface area (Å²) < 4.78 is 10.2. The number of thiophene rings is 1. The Morgan fingerprint density at radius 2 is 1.54 bits per heavy atom. The number of nitrogens with one attached hydrogen (secondary N) is 1. The Labute approximate surface area is 209 Å². The molecule has 3 rings (SSSR count). The molecule has 1 amide bonds. The molecule has 35 heavy (non-hydrogen) atoms. The minimum Gasteiger partial charge on any atom is -0.462 e. The van der Waals surface area contributed by atoms with Gasteiger partial charge in [-0.1, -0.05) is 0 Å². The van der Waals surface area contributed by atoms with Gasteiger partial charge >= 0.3 is 11.9 Å². The normalized spacial score (nSPS) is 13.9. The Bertz CT molecular complexity index is 1090. The number of benzene rings is 1. The Balaban J connectivity index is 1.63. The van der Waals surface area contributed by atoms with Gasteiger partial charge in [-0.2, -0.15) is 0 Å². The van der Waals surface area contributed by atoms with Crippen LogP contribution in [-0.4, -0.2) is 74.5 Å². The summed E-state index contributed by atoms with van der Waals surface area (Å²) in [7, 11) is 0. The van der Waals surface area contributed by atoms with Crippen molar-refractivity contribution in [3.8, 4) is 0 Å². The number of hydrogen-bond donors (Lipinski definition) is 1. The van der Waals surface area contributed by atoms with E-state index in [0.717, 1.165) is 30.1 Å². The maximum absolute atomic E-state index is 12.8.